The fourth-order valence-electron chi connectivity index (χ4n) is 3.16. The molecule has 0 spiro atoms. The van der Waals surface area contributed by atoms with Gasteiger partial charge in [0.05, 0.1) is 11.9 Å². The fourth-order valence-corrected chi connectivity index (χ4v) is 3.16. The Hall–Kier alpha value is -2.70. The average molecular weight is 355 g/mol. The second kappa shape index (κ2) is 8.12. The molecule has 0 aromatic carbocycles. The number of aromatic nitrogens is 3. The van der Waals surface area contributed by atoms with E-state index in [0.717, 1.165) is 25.9 Å². The van der Waals surface area contributed by atoms with E-state index in [1.807, 2.05) is 11.8 Å². The van der Waals surface area contributed by atoms with Gasteiger partial charge in [0.1, 0.15) is 17.8 Å². The second-order valence-electron chi connectivity index (χ2n) is 6.87. The van der Waals surface area contributed by atoms with Crippen LogP contribution in [0.15, 0.2) is 30.9 Å². The largest absolute Gasteiger partial charge is 0.337 e. The molecule has 1 N–H and O–H groups in total. The van der Waals surface area contributed by atoms with Gasteiger partial charge < -0.3 is 10.2 Å². The summed E-state index contributed by atoms with van der Waals surface area (Å²) in [5.74, 6) is 1.14. The molecule has 0 aliphatic carbocycles. The van der Waals surface area contributed by atoms with E-state index >= 15 is 0 Å². The minimum absolute atomic E-state index is 0.0201. The lowest BCUT2D eigenvalue weighted by molar-refractivity contribution is -0.116. The van der Waals surface area contributed by atoms with Gasteiger partial charge in [0.15, 0.2) is 0 Å². The van der Waals surface area contributed by atoms with E-state index < -0.39 is 0 Å². The van der Waals surface area contributed by atoms with Crippen molar-refractivity contribution in [3.05, 3.63) is 36.5 Å². The molecule has 3 heterocycles. The standard InChI is InChI=1S/C19H25N5O2/c1-3-5-18(25)22-15-7-8-17(20-10-15)24-12-16(21-13-24)19(26)23-9-4-6-14(2)11-23/h7-8,10,12-14H,3-6,9,11H2,1-2H3,(H,22,25)/t14-/m0/s1. The van der Waals surface area contributed by atoms with Gasteiger partial charge in [-0.3, -0.25) is 14.2 Å². The lowest BCUT2D eigenvalue weighted by atomic mass is 10.0. The van der Waals surface area contributed by atoms with E-state index in [1.165, 1.54) is 6.42 Å². The van der Waals surface area contributed by atoms with Gasteiger partial charge >= 0.3 is 0 Å². The van der Waals surface area contributed by atoms with Gasteiger partial charge in [-0.25, -0.2) is 9.97 Å². The van der Waals surface area contributed by atoms with Crippen LogP contribution < -0.4 is 5.32 Å². The summed E-state index contributed by atoms with van der Waals surface area (Å²) in [6.45, 7) is 5.71. The second-order valence-corrected chi connectivity index (χ2v) is 6.87. The molecule has 2 aromatic heterocycles. The van der Waals surface area contributed by atoms with E-state index in [2.05, 4.69) is 22.2 Å². The lowest BCUT2D eigenvalue weighted by Gasteiger charge is -2.30. The molecule has 1 fully saturated rings. The van der Waals surface area contributed by atoms with Gasteiger partial charge in [-0.15, -0.1) is 0 Å². The number of carbonyl (C=O) groups is 2. The number of anilines is 1. The maximum atomic E-state index is 12.6. The molecule has 1 aliphatic heterocycles. The molecular weight excluding hydrogens is 330 g/mol. The topological polar surface area (TPSA) is 80.1 Å². The molecule has 0 saturated carbocycles. The first-order valence-corrected chi connectivity index (χ1v) is 9.16. The molecule has 3 rings (SSSR count). The number of likely N-dealkylation sites (tertiary alicyclic amines) is 1. The Balaban J connectivity index is 1.67. The first-order chi connectivity index (χ1) is 12.6. The summed E-state index contributed by atoms with van der Waals surface area (Å²) in [5, 5.41) is 2.80. The third-order valence-corrected chi connectivity index (χ3v) is 4.52. The van der Waals surface area contributed by atoms with Crippen LogP contribution in [0.1, 0.15) is 50.0 Å². The highest BCUT2D eigenvalue weighted by Gasteiger charge is 2.23. The summed E-state index contributed by atoms with van der Waals surface area (Å²) in [4.78, 5) is 34.7. The van der Waals surface area contributed by atoms with Crippen molar-refractivity contribution in [2.45, 2.75) is 39.5 Å². The quantitative estimate of drug-likeness (QED) is 0.894. The van der Waals surface area contributed by atoms with Crippen LogP contribution in [0.2, 0.25) is 0 Å². The Labute approximate surface area is 153 Å². The van der Waals surface area contributed by atoms with Crippen LogP contribution in [-0.4, -0.2) is 44.3 Å². The van der Waals surface area contributed by atoms with Crippen LogP contribution in [-0.2, 0) is 4.79 Å². The molecule has 26 heavy (non-hydrogen) atoms. The summed E-state index contributed by atoms with van der Waals surface area (Å²) in [6.07, 6.45) is 8.42. The average Bonchev–Trinajstić information content (AvgIpc) is 3.12. The Morgan fingerprint density at radius 3 is 2.85 bits per heavy atom. The molecule has 7 nitrogen and oxygen atoms in total. The third kappa shape index (κ3) is 4.28. The number of amides is 2. The third-order valence-electron chi connectivity index (χ3n) is 4.52. The van der Waals surface area contributed by atoms with Crippen molar-refractivity contribution >= 4 is 17.5 Å². The summed E-state index contributed by atoms with van der Waals surface area (Å²) in [6, 6.07) is 3.59. The maximum absolute atomic E-state index is 12.6. The number of nitrogens with zero attached hydrogens (tertiary/aromatic N) is 4. The van der Waals surface area contributed by atoms with Gasteiger partial charge in [-0.05, 0) is 37.3 Å². The van der Waals surface area contributed by atoms with Crippen LogP contribution >= 0.6 is 0 Å². The van der Waals surface area contributed by atoms with Crippen molar-refractivity contribution in [3.63, 3.8) is 0 Å². The molecule has 0 radical (unpaired) electrons. The zero-order valence-electron chi connectivity index (χ0n) is 15.3. The number of imidazole rings is 1. The van der Waals surface area contributed by atoms with Crippen LogP contribution in [0.5, 0.6) is 0 Å². The van der Waals surface area contributed by atoms with Crippen molar-refractivity contribution in [2.24, 2.45) is 5.92 Å². The predicted octanol–water partition coefficient (Wildman–Crippen LogP) is 2.88. The van der Waals surface area contributed by atoms with Crippen LogP contribution in [0.25, 0.3) is 5.82 Å². The molecule has 1 atom stereocenters. The summed E-state index contributed by atoms with van der Waals surface area (Å²) >= 11 is 0. The number of pyridine rings is 1. The van der Waals surface area contributed by atoms with E-state index in [-0.39, 0.29) is 11.8 Å². The van der Waals surface area contributed by atoms with Crippen molar-refractivity contribution in [1.29, 1.82) is 0 Å². The fraction of sp³-hybridized carbons (Fsp3) is 0.474. The first kappa shape index (κ1) is 18.1. The number of piperidine rings is 1. The van der Waals surface area contributed by atoms with Gasteiger partial charge in [0, 0.05) is 25.7 Å². The highest BCUT2D eigenvalue weighted by molar-refractivity contribution is 5.92. The van der Waals surface area contributed by atoms with E-state index in [0.29, 0.717) is 29.5 Å². The predicted molar refractivity (Wildman–Crippen MR) is 99.2 cm³/mol. The summed E-state index contributed by atoms with van der Waals surface area (Å²) in [5.41, 5.74) is 1.09. The minimum atomic E-state index is -0.0289. The Bertz CT molecular complexity index is 768. The van der Waals surface area contributed by atoms with Gasteiger partial charge in [0.25, 0.3) is 5.91 Å². The van der Waals surface area contributed by atoms with Gasteiger partial charge in [0.2, 0.25) is 5.91 Å². The Morgan fingerprint density at radius 1 is 1.31 bits per heavy atom. The molecule has 1 aliphatic rings. The lowest BCUT2D eigenvalue weighted by Crippen LogP contribution is -2.39. The first-order valence-electron chi connectivity index (χ1n) is 9.16. The zero-order valence-corrected chi connectivity index (χ0v) is 15.3. The number of nitrogens with one attached hydrogen (secondary N) is 1. The van der Waals surface area contributed by atoms with Crippen molar-refractivity contribution in [3.8, 4) is 5.82 Å². The van der Waals surface area contributed by atoms with Gasteiger partial charge in [-0.2, -0.15) is 0 Å². The highest BCUT2D eigenvalue weighted by atomic mass is 16.2. The normalized spacial score (nSPS) is 17.2. The van der Waals surface area contributed by atoms with Crippen LogP contribution in [0.3, 0.4) is 0 Å². The smallest absolute Gasteiger partial charge is 0.274 e. The van der Waals surface area contributed by atoms with Gasteiger partial charge in [-0.1, -0.05) is 13.8 Å². The molecule has 138 valence electrons. The summed E-state index contributed by atoms with van der Waals surface area (Å²) in [7, 11) is 0. The minimum Gasteiger partial charge on any atom is -0.337 e. The number of hydrogen-bond acceptors (Lipinski definition) is 4. The Morgan fingerprint density at radius 2 is 2.15 bits per heavy atom. The van der Waals surface area contributed by atoms with E-state index in [1.54, 1.807) is 35.4 Å². The van der Waals surface area contributed by atoms with Crippen molar-refractivity contribution in [1.82, 2.24) is 19.4 Å². The van der Waals surface area contributed by atoms with Crippen LogP contribution in [0.4, 0.5) is 5.69 Å². The molecule has 0 unspecified atom stereocenters. The molecule has 1 saturated heterocycles. The molecule has 0 bridgehead atoms. The number of rotatable bonds is 5. The summed E-state index contributed by atoms with van der Waals surface area (Å²) < 4.78 is 1.72. The van der Waals surface area contributed by atoms with Crippen molar-refractivity contribution < 1.29 is 9.59 Å². The Kier molecular flexibility index (Phi) is 5.65. The zero-order chi connectivity index (χ0) is 18.5. The van der Waals surface area contributed by atoms with Crippen LogP contribution in [0, 0.1) is 5.92 Å². The SMILES string of the molecule is CCCC(=O)Nc1ccc(-n2cnc(C(=O)N3CCC[C@H](C)C3)c2)nc1. The molecule has 2 aromatic rings. The van der Waals surface area contributed by atoms with E-state index in [9.17, 15) is 9.59 Å². The monoisotopic (exact) mass is 355 g/mol. The molecular formula is C19H25N5O2. The van der Waals surface area contributed by atoms with Crippen molar-refractivity contribution in [2.75, 3.05) is 18.4 Å². The van der Waals surface area contributed by atoms with E-state index in [4.69, 9.17) is 0 Å². The molecule has 2 amide bonds. The number of hydrogen-bond donors (Lipinski definition) is 1. The highest BCUT2D eigenvalue weighted by Crippen LogP contribution is 2.18. The number of carbonyl (C=O) groups excluding carboxylic acids is 2. The maximum Gasteiger partial charge on any atom is 0.274 e. The molecule has 7 heteroatoms.